The fourth-order valence-electron chi connectivity index (χ4n) is 1.44. The van der Waals surface area contributed by atoms with E-state index in [2.05, 4.69) is 9.97 Å². The number of benzene rings is 1. The van der Waals surface area contributed by atoms with Crippen molar-refractivity contribution in [1.29, 1.82) is 0 Å². The second kappa shape index (κ2) is 11.2. The summed E-state index contributed by atoms with van der Waals surface area (Å²) in [5, 5.41) is 28.9. The topological polar surface area (TPSA) is 129 Å². The van der Waals surface area contributed by atoms with E-state index in [9.17, 15) is 19.8 Å². The number of rotatable bonds is 5. The van der Waals surface area contributed by atoms with Gasteiger partial charge < -0.3 is 29.9 Å². The van der Waals surface area contributed by atoms with Crippen LogP contribution in [0.3, 0.4) is 0 Å². The maximum atomic E-state index is 10.1. The molecule has 23 heavy (non-hydrogen) atoms. The van der Waals surface area contributed by atoms with Gasteiger partial charge in [-0.2, -0.15) is 0 Å². The minimum Gasteiger partial charge on any atom is -0.547 e. The number of hydrogen-bond acceptors (Lipinski definition) is 6. The molecule has 2 aromatic rings. The van der Waals surface area contributed by atoms with E-state index < -0.39 is 18.0 Å². The van der Waals surface area contributed by atoms with Gasteiger partial charge in [-0.25, -0.2) is 4.98 Å². The Morgan fingerprint density at radius 3 is 2.39 bits per heavy atom. The first-order valence-corrected chi connectivity index (χ1v) is 6.29. The second-order valence-corrected chi connectivity index (χ2v) is 4.18. The average Bonchev–Trinajstić information content (AvgIpc) is 3.00. The van der Waals surface area contributed by atoms with Crippen molar-refractivity contribution in [3.63, 3.8) is 0 Å². The zero-order chi connectivity index (χ0) is 16.4. The molecule has 7 nitrogen and oxygen atoms in total. The number of hydrogen-bond donors (Lipinski definition) is 2. The van der Waals surface area contributed by atoms with Crippen molar-refractivity contribution in [2.75, 3.05) is 0 Å². The Kier molecular flexibility index (Phi) is 10.0. The third-order valence-corrected chi connectivity index (χ3v) is 2.46. The number of carboxylic acids is 2. The van der Waals surface area contributed by atoms with Crippen LogP contribution in [-0.4, -0.2) is 33.1 Å². The molecule has 0 aliphatic rings. The zero-order valence-electron chi connectivity index (χ0n) is 11.9. The standard InChI is InChI=1S/C9H10O3.C6H6N2O2.Mn/c10-8(9(11)12)6-7-4-2-1-3-5-7;9-6(10)2-1-5-3-7-4-8-5;/h1-5,8,10H,6H2,(H,11,12);1-4H,(H,7,8)(H,9,10);/q;;+2/p-2. The molecule has 121 valence electrons. The third-order valence-electron chi connectivity index (χ3n) is 2.46. The normalized spacial score (nSPS) is 11.0. The largest absolute Gasteiger partial charge is 2.00 e. The van der Waals surface area contributed by atoms with E-state index in [0.717, 1.165) is 11.6 Å². The van der Waals surface area contributed by atoms with Crippen LogP contribution in [0.4, 0.5) is 0 Å². The van der Waals surface area contributed by atoms with Crippen LogP contribution in [0.2, 0.25) is 0 Å². The molecule has 0 spiro atoms. The van der Waals surface area contributed by atoms with Crippen LogP contribution in [-0.2, 0) is 33.1 Å². The molecule has 0 saturated heterocycles. The molecular weight excluding hydrogens is 343 g/mol. The molecule has 8 heteroatoms. The minimum atomic E-state index is -1.43. The van der Waals surface area contributed by atoms with Crippen molar-refractivity contribution in [3.8, 4) is 0 Å². The van der Waals surface area contributed by atoms with Crippen molar-refractivity contribution >= 4 is 18.0 Å². The van der Waals surface area contributed by atoms with Crippen LogP contribution in [0.15, 0.2) is 48.9 Å². The van der Waals surface area contributed by atoms with Crippen LogP contribution in [0.25, 0.3) is 6.08 Å². The second-order valence-electron chi connectivity index (χ2n) is 4.18. The van der Waals surface area contributed by atoms with Gasteiger partial charge in [0.15, 0.2) is 0 Å². The van der Waals surface area contributed by atoms with Crippen LogP contribution < -0.4 is 10.2 Å². The predicted molar refractivity (Wildman–Crippen MR) is 73.8 cm³/mol. The number of carbonyl (C=O) groups is 2. The Bertz CT molecular complexity index is 614. The first kappa shape index (κ1) is 20.6. The van der Waals surface area contributed by atoms with Crippen molar-refractivity contribution in [2.24, 2.45) is 0 Å². The fraction of sp³-hybridized carbons (Fsp3) is 0.133. The summed E-state index contributed by atoms with van der Waals surface area (Å²) in [4.78, 5) is 26.4. The van der Waals surface area contributed by atoms with E-state index in [1.807, 2.05) is 6.07 Å². The van der Waals surface area contributed by atoms with Gasteiger partial charge in [0.1, 0.15) is 0 Å². The number of carboxylic acid groups (broad SMARTS) is 2. The number of aliphatic hydroxyl groups is 1. The zero-order valence-corrected chi connectivity index (χ0v) is 13.1. The van der Waals surface area contributed by atoms with Gasteiger partial charge in [0.25, 0.3) is 0 Å². The summed E-state index contributed by atoms with van der Waals surface area (Å²) >= 11 is 0. The van der Waals surface area contributed by atoms with E-state index in [1.165, 1.54) is 18.6 Å². The van der Waals surface area contributed by atoms with Gasteiger partial charge in [-0.3, -0.25) is 0 Å². The monoisotopic (exact) mass is 357 g/mol. The molecule has 1 heterocycles. The molecule has 0 fully saturated rings. The van der Waals surface area contributed by atoms with Crippen molar-refractivity contribution in [3.05, 3.63) is 60.2 Å². The first-order valence-electron chi connectivity index (χ1n) is 6.29. The number of nitrogens with one attached hydrogen (secondary N) is 1. The molecule has 0 aliphatic carbocycles. The van der Waals surface area contributed by atoms with Gasteiger partial charge in [-0.15, -0.1) is 0 Å². The average molecular weight is 357 g/mol. The van der Waals surface area contributed by atoms with Crippen LogP contribution >= 0.6 is 0 Å². The number of aliphatic carboxylic acids is 2. The summed E-state index contributed by atoms with van der Waals surface area (Å²) in [6.07, 6.45) is 3.99. The predicted octanol–water partition coefficient (Wildman–Crippen LogP) is -1.49. The molecule has 0 aliphatic heterocycles. The summed E-state index contributed by atoms with van der Waals surface area (Å²) in [7, 11) is 0. The molecule has 1 aromatic carbocycles. The third kappa shape index (κ3) is 9.26. The van der Waals surface area contributed by atoms with Gasteiger partial charge in [-0.1, -0.05) is 30.3 Å². The van der Waals surface area contributed by atoms with E-state index in [-0.39, 0.29) is 23.5 Å². The van der Waals surface area contributed by atoms with Crippen LogP contribution in [0.1, 0.15) is 11.3 Å². The van der Waals surface area contributed by atoms with Crippen LogP contribution in [0.5, 0.6) is 0 Å². The summed E-state index contributed by atoms with van der Waals surface area (Å²) < 4.78 is 0. The van der Waals surface area contributed by atoms with Gasteiger partial charge in [0, 0.05) is 6.42 Å². The minimum absolute atomic E-state index is 0. The Morgan fingerprint density at radius 2 is 1.91 bits per heavy atom. The van der Waals surface area contributed by atoms with Crippen molar-refractivity contribution < 1.29 is 42.0 Å². The van der Waals surface area contributed by atoms with Gasteiger partial charge in [0.2, 0.25) is 0 Å². The SMILES string of the molecule is O=C([O-])C(O)Cc1ccccc1.O=C([O-])C=Cc1cnc[nH]1.[Mn+2]. The van der Waals surface area contributed by atoms with E-state index in [4.69, 9.17) is 5.11 Å². The first-order chi connectivity index (χ1) is 10.5. The summed E-state index contributed by atoms with van der Waals surface area (Å²) in [6.45, 7) is 0. The molecule has 0 saturated carbocycles. The fourth-order valence-corrected chi connectivity index (χ4v) is 1.44. The molecule has 1 atom stereocenters. The molecule has 2 rings (SSSR count). The summed E-state index contributed by atoms with van der Waals surface area (Å²) in [6, 6.07) is 8.92. The quantitative estimate of drug-likeness (QED) is 0.495. The number of H-pyrrole nitrogens is 1. The van der Waals surface area contributed by atoms with Crippen molar-refractivity contribution in [2.45, 2.75) is 12.5 Å². The number of aromatic amines is 1. The molecule has 1 radical (unpaired) electrons. The Balaban J connectivity index is 0.000000409. The molecule has 0 amide bonds. The van der Waals surface area contributed by atoms with Crippen LogP contribution in [0, 0.1) is 0 Å². The Morgan fingerprint density at radius 1 is 1.26 bits per heavy atom. The number of carbonyl (C=O) groups excluding carboxylic acids is 2. The molecule has 1 unspecified atom stereocenters. The van der Waals surface area contributed by atoms with E-state index in [0.29, 0.717) is 5.69 Å². The van der Waals surface area contributed by atoms with Gasteiger partial charge >= 0.3 is 17.1 Å². The van der Waals surface area contributed by atoms with E-state index >= 15 is 0 Å². The number of aromatic nitrogens is 2. The Labute approximate surface area is 143 Å². The molecule has 2 N–H and O–H groups in total. The maximum absolute atomic E-state index is 10.1. The molecule has 0 bridgehead atoms. The number of nitrogens with zero attached hydrogens (tertiary/aromatic N) is 1. The summed E-state index contributed by atoms with van der Waals surface area (Å²) in [5.74, 6) is -2.64. The van der Waals surface area contributed by atoms with Gasteiger partial charge in [-0.05, 0) is 17.7 Å². The van der Waals surface area contributed by atoms with Crippen molar-refractivity contribution in [1.82, 2.24) is 9.97 Å². The summed E-state index contributed by atoms with van der Waals surface area (Å²) in [5.41, 5.74) is 1.43. The molecule has 1 aromatic heterocycles. The smallest absolute Gasteiger partial charge is 0.547 e. The van der Waals surface area contributed by atoms with E-state index in [1.54, 1.807) is 24.3 Å². The maximum Gasteiger partial charge on any atom is 2.00 e. The number of imidazole rings is 1. The molecular formula is C15H14MnN2O5. The number of aliphatic hydroxyl groups excluding tert-OH is 1. The Hall–Kier alpha value is -2.41. The van der Waals surface area contributed by atoms with Gasteiger partial charge in [0.05, 0.1) is 36.3 Å².